The van der Waals surface area contributed by atoms with E-state index in [1.807, 2.05) is 30.3 Å². The summed E-state index contributed by atoms with van der Waals surface area (Å²) < 4.78 is 5.12. The van der Waals surface area contributed by atoms with Crippen molar-refractivity contribution in [2.45, 2.75) is 12.6 Å². The lowest BCUT2D eigenvalue weighted by Gasteiger charge is -2.17. The molecule has 1 amide bonds. The van der Waals surface area contributed by atoms with Crippen LogP contribution in [0, 0.1) is 0 Å². The van der Waals surface area contributed by atoms with Crippen LogP contribution in [0.3, 0.4) is 0 Å². The molecule has 2 rings (SSSR count). The Morgan fingerprint density at radius 1 is 1.19 bits per heavy atom. The number of benzene rings is 2. The van der Waals surface area contributed by atoms with Gasteiger partial charge in [0.2, 0.25) is 0 Å². The molecule has 0 aliphatic heterocycles. The third-order valence-corrected chi connectivity index (χ3v) is 3.17. The molecule has 0 saturated carbocycles. The van der Waals surface area contributed by atoms with Crippen molar-refractivity contribution in [3.05, 3.63) is 70.7 Å². The lowest BCUT2D eigenvalue weighted by molar-refractivity contribution is 0.129. The fourth-order valence-electron chi connectivity index (χ4n) is 1.86. The van der Waals surface area contributed by atoms with Crippen LogP contribution in [-0.4, -0.2) is 17.8 Å². The van der Waals surface area contributed by atoms with E-state index in [0.29, 0.717) is 5.02 Å². The standard InChI is InChI=1S/C16H16ClNO3/c17-14-8-4-7-13(9-14)15(10-19)18-16(20)21-11-12-5-2-1-3-6-12/h1-9,15,19H,10-11H2,(H,18,20). The molecule has 0 aliphatic rings. The Kier molecular flexibility index (Phi) is 5.60. The maximum atomic E-state index is 11.8. The van der Waals surface area contributed by atoms with Crippen molar-refractivity contribution in [1.29, 1.82) is 0 Å². The molecule has 0 bridgehead atoms. The molecular weight excluding hydrogens is 290 g/mol. The van der Waals surface area contributed by atoms with Gasteiger partial charge in [0.1, 0.15) is 6.61 Å². The molecule has 0 radical (unpaired) electrons. The summed E-state index contributed by atoms with van der Waals surface area (Å²) in [4.78, 5) is 11.8. The quantitative estimate of drug-likeness (QED) is 0.891. The molecule has 0 heterocycles. The largest absolute Gasteiger partial charge is 0.445 e. The second-order valence-corrected chi connectivity index (χ2v) is 4.93. The molecule has 0 aliphatic carbocycles. The first-order valence-electron chi connectivity index (χ1n) is 6.52. The van der Waals surface area contributed by atoms with Crippen molar-refractivity contribution in [3.63, 3.8) is 0 Å². The number of aliphatic hydroxyl groups excluding tert-OH is 1. The van der Waals surface area contributed by atoms with E-state index >= 15 is 0 Å². The van der Waals surface area contributed by atoms with Gasteiger partial charge in [0.05, 0.1) is 12.6 Å². The number of amides is 1. The van der Waals surface area contributed by atoms with Gasteiger partial charge in [-0.2, -0.15) is 0 Å². The second kappa shape index (κ2) is 7.67. The Labute approximate surface area is 128 Å². The smallest absolute Gasteiger partial charge is 0.408 e. The van der Waals surface area contributed by atoms with E-state index in [4.69, 9.17) is 16.3 Å². The maximum Gasteiger partial charge on any atom is 0.408 e. The van der Waals surface area contributed by atoms with Crippen LogP contribution in [0.2, 0.25) is 5.02 Å². The number of nitrogens with one attached hydrogen (secondary N) is 1. The molecule has 1 atom stereocenters. The van der Waals surface area contributed by atoms with Crippen LogP contribution in [0.15, 0.2) is 54.6 Å². The Morgan fingerprint density at radius 3 is 2.62 bits per heavy atom. The molecule has 2 aromatic carbocycles. The third kappa shape index (κ3) is 4.77. The highest BCUT2D eigenvalue weighted by atomic mass is 35.5. The maximum absolute atomic E-state index is 11.8. The number of hydrogen-bond acceptors (Lipinski definition) is 3. The molecule has 5 heteroatoms. The van der Waals surface area contributed by atoms with Gasteiger partial charge < -0.3 is 15.2 Å². The van der Waals surface area contributed by atoms with Gasteiger partial charge in [0.25, 0.3) is 0 Å². The van der Waals surface area contributed by atoms with Gasteiger partial charge in [-0.15, -0.1) is 0 Å². The molecule has 0 spiro atoms. The zero-order valence-corrected chi connectivity index (χ0v) is 12.1. The van der Waals surface area contributed by atoms with Crippen LogP contribution in [0.5, 0.6) is 0 Å². The average Bonchev–Trinajstić information content (AvgIpc) is 2.51. The number of halogens is 1. The monoisotopic (exact) mass is 305 g/mol. The summed E-state index contributed by atoms with van der Waals surface area (Å²) in [6, 6.07) is 15.8. The minimum absolute atomic E-state index is 0.181. The van der Waals surface area contributed by atoms with Gasteiger partial charge in [0.15, 0.2) is 0 Å². The number of carbonyl (C=O) groups excluding carboxylic acids is 1. The van der Waals surface area contributed by atoms with Crippen molar-refractivity contribution < 1.29 is 14.6 Å². The fourth-order valence-corrected chi connectivity index (χ4v) is 2.06. The minimum atomic E-state index is -0.585. The molecule has 110 valence electrons. The summed E-state index contributed by atoms with van der Waals surface area (Å²) >= 11 is 5.90. The van der Waals surface area contributed by atoms with E-state index in [1.54, 1.807) is 24.3 Å². The van der Waals surface area contributed by atoms with Crippen LogP contribution >= 0.6 is 11.6 Å². The van der Waals surface area contributed by atoms with Crippen LogP contribution in [0.1, 0.15) is 17.2 Å². The normalized spacial score (nSPS) is 11.7. The summed E-state index contributed by atoms with van der Waals surface area (Å²) in [6.45, 7) is -0.0544. The predicted molar refractivity (Wildman–Crippen MR) is 81.0 cm³/mol. The van der Waals surface area contributed by atoms with E-state index in [1.165, 1.54) is 0 Å². The fraction of sp³-hybridized carbons (Fsp3) is 0.188. The van der Waals surface area contributed by atoms with E-state index in [-0.39, 0.29) is 13.2 Å². The summed E-state index contributed by atoms with van der Waals surface area (Å²) in [5.74, 6) is 0. The van der Waals surface area contributed by atoms with Gasteiger partial charge in [-0.3, -0.25) is 0 Å². The van der Waals surface area contributed by atoms with Crippen LogP contribution < -0.4 is 5.32 Å². The Morgan fingerprint density at radius 2 is 1.95 bits per heavy atom. The van der Waals surface area contributed by atoms with Gasteiger partial charge in [-0.05, 0) is 23.3 Å². The highest BCUT2D eigenvalue weighted by molar-refractivity contribution is 6.30. The van der Waals surface area contributed by atoms with Gasteiger partial charge >= 0.3 is 6.09 Å². The van der Waals surface area contributed by atoms with Crippen molar-refractivity contribution in [2.75, 3.05) is 6.61 Å². The number of rotatable bonds is 5. The van der Waals surface area contributed by atoms with E-state index in [0.717, 1.165) is 11.1 Å². The third-order valence-electron chi connectivity index (χ3n) is 2.94. The molecule has 0 saturated heterocycles. The van der Waals surface area contributed by atoms with Crippen LogP contribution in [-0.2, 0) is 11.3 Å². The van der Waals surface area contributed by atoms with E-state index < -0.39 is 12.1 Å². The molecule has 21 heavy (non-hydrogen) atoms. The molecular formula is C16H16ClNO3. The van der Waals surface area contributed by atoms with Gasteiger partial charge in [-0.25, -0.2) is 4.79 Å². The van der Waals surface area contributed by atoms with Crippen LogP contribution in [0.25, 0.3) is 0 Å². The molecule has 1 unspecified atom stereocenters. The lowest BCUT2D eigenvalue weighted by Crippen LogP contribution is -2.31. The zero-order chi connectivity index (χ0) is 15.1. The number of hydrogen-bond donors (Lipinski definition) is 2. The molecule has 2 N–H and O–H groups in total. The highest BCUT2D eigenvalue weighted by Crippen LogP contribution is 2.17. The van der Waals surface area contributed by atoms with Crippen LogP contribution in [0.4, 0.5) is 4.79 Å². The summed E-state index contributed by atoms with van der Waals surface area (Å²) in [6.07, 6.45) is -0.585. The number of carbonyl (C=O) groups is 1. The molecule has 4 nitrogen and oxygen atoms in total. The Balaban J connectivity index is 1.91. The van der Waals surface area contributed by atoms with Crippen molar-refractivity contribution in [1.82, 2.24) is 5.32 Å². The van der Waals surface area contributed by atoms with Crippen molar-refractivity contribution in [2.24, 2.45) is 0 Å². The summed E-state index contributed by atoms with van der Waals surface area (Å²) in [5, 5.41) is 12.5. The van der Waals surface area contributed by atoms with Gasteiger partial charge in [0, 0.05) is 5.02 Å². The number of ether oxygens (including phenoxy) is 1. The first-order chi connectivity index (χ1) is 10.2. The molecule has 2 aromatic rings. The Bertz CT molecular complexity index is 589. The molecule has 0 fully saturated rings. The average molecular weight is 306 g/mol. The second-order valence-electron chi connectivity index (χ2n) is 4.50. The zero-order valence-electron chi connectivity index (χ0n) is 11.3. The first kappa shape index (κ1) is 15.4. The lowest BCUT2D eigenvalue weighted by atomic mass is 10.1. The number of alkyl carbamates (subject to hydrolysis) is 1. The van der Waals surface area contributed by atoms with Crippen molar-refractivity contribution >= 4 is 17.7 Å². The first-order valence-corrected chi connectivity index (χ1v) is 6.90. The summed E-state index contributed by atoms with van der Waals surface area (Å²) in [7, 11) is 0. The predicted octanol–water partition coefficient (Wildman–Crippen LogP) is 3.30. The van der Waals surface area contributed by atoms with Crippen molar-refractivity contribution in [3.8, 4) is 0 Å². The van der Waals surface area contributed by atoms with E-state index in [9.17, 15) is 9.90 Å². The highest BCUT2D eigenvalue weighted by Gasteiger charge is 2.14. The number of aliphatic hydroxyl groups is 1. The van der Waals surface area contributed by atoms with Gasteiger partial charge in [-0.1, -0.05) is 54.1 Å². The minimum Gasteiger partial charge on any atom is -0.445 e. The molecule has 0 aromatic heterocycles. The SMILES string of the molecule is O=C(NC(CO)c1cccc(Cl)c1)OCc1ccccc1. The summed E-state index contributed by atoms with van der Waals surface area (Å²) in [5.41, 5.74) is 1.62. The van der Waals surface area contributed by atoms with E-state index in [2.05, 4.69) is 5.32 Å². The Hall–Kier alpha value is -2.04. The topological polar surface area (TPSA) is 58.6 Å².